The smallest absolute Gasteiger partial charge is 0.340 e. The Balaban J connectivity index is 2.08. The molecule has 0 saturated heterocycles. The lowest BCUT2D eigenvalue weighted by Gasteiger charge is -2.33. The van der Waals surface area contributed by atoms with Crippen molar-refractivity contribution in [3.8, 4) is 0 Å². The fourth-order valence-electron chi connectivity index (χ4n) is 3.82. The van der Waals surface area contributed by atoms with Gasteiger partial charge >= 0.3 is 5.97 Å². The van der Waals surface area contributed by atoms with Crippen molar-refractivity contribution in [1.29, 1.82) is 0 Å². The molecule has 0 aliphatic carbocycles. The molecule has 1 aromatic heterocycles. The van der Waals surface area contributed by atoms with Crippen LogP contribution in [0, 0.1) is 19.3 Å². The number of carbonyl (C=O) groups is 2. The number of amides is 1. The second kappa shape index (κ2) is 7.67. The van der Waals surface area contributed by atoms with Gasteiger partial charge in [-0.15, -0.1) is 0 Å². The minimum Gasteiger partial charge on any atom is -0.452 e. The van der Waals surface area contributed by atoms with E-state index in [9.17, 15) is 9.59 Å². The van der Waals surface area contributed by atoms with Crippen LogP contribution >= 0.6 is 0 Å². The molecule has 2 rings (SSSR count). The third kappa shape index (κ3) is 5.52. The van der Waals surface area contributed by atoms with E-state index in [1.807, 2.05) is 45.0 Å². The number of hydrogen-bond donors (Lipinski definition) is 1. The average Bonchev–Trinajstić information content (AvgIpc) is 2.50. The Morgan fingerprint density at radius 1 is 1.07 bits per heavy atom. The van der Waals surface area contributed by atoms with E-state index in [0.29, 0.717) is 11.3 Å². The van der Waals surface area contributed by atoms with E-state index in [1.165, 1.54) is 0 Å². The lowest BCUT2D eigenvalue weighted by atomic mass is 9.82. The van der Waals surface area contributed by atoms with Gasteiger partial charge in [0.15, 0.2) is 6.61 Å². The molecule has 27 heavy (non-hydrogen) atoms. The lowest BCUT2D eigenvalue weighted by Crippen LogP contribution is -2.47. The van der Waals surface area contributed by atoms with Gasteiger partial charge in [-0.25, -0.2) is 4.79 Å². The van der Waals surface area contributed by atoms with Crippen molar-refractivity contribution < 1.29 is 14.3 Å². The van der Waals surface area contributed by atoms with Gasteiger partial charge in [-0.2, -0.15) is 0 Å². The van der Waals surface area contributed by atoms with Crippen molar-refractivity contribution in [3.63, 3.8) is 0 Å². The normalized spacial score (nSPS) is 12.1. The zero-order valence-electron chi connectivity index (χ0n) is 17.4. The number of nitrogens with zero attached hydrogens (tertiary/aromatic N) is 1. The molecule has 0 bridgehead atoms. The van der Waals surface area contributed by atoms with E-state index in [0.717, 1.165) is 22.9 Å². The maximum absolute atomic E-state index is 12.6. The summed E-state index contributed by atoms with van der Waals surface area (Å²) in [6.07, 6.45) is 0.812. The van der Waals surface area contributed by atoms with Crippen molar-refractivity contribution in [2.75, 3.05) is 6.61 Å². The fraction of sp³-hybridized carbons (Fsp3) is 0.500. The fourth-order valence-corrected chi connectivity index (χ4v) is 3.82. The molecule has 0 aliphatic rings. The van der Waals surface area contributed by atoms with Gasteiger partial charge in [0.05, 0.1) is 16.8 Å². The monoisotopic (exact) mass is 370 g/mol. The predicted octanol–water partition coefficient (Wildman–Crippen LogP) is 4.34. The standard InChI is InChI=1S/C22H30N2O3/c1-14-16-10-8-9-11-17(16)23-15(2)19(14)20(26)27-12-18(25)24-22(6,7)13-21(3,4)5/h8-11H,12-13H2,1-7H3,(H,24,25). The van der Waals surface area contributed by atoms with Crippen LogP contribution in [-0.2, 0) is 9.53 Å². The number of aryl methyl sites for hydroxylation is 2. The van der Waals surface area contributed by atoms with E-state index in [1.54, 1.807) is 6.92 Å². The molecule has 0 fully saturated rings. The van der Waals surface area contributed by atoms with Crippen molar-refractivity contribution in [2.24, 2.45) is 5.41 Å². The van der Waals surface area contributed by atoms with Gasteiger partial charge in [0.2, 0.25) is 0 Å². The zero-order chi connectivity index (χ0) is 20.4. The van der Waals surface area contributed by atoms with Gasteiger partial charge < -0.3 is 10.1 Å². The number of hydrogen-bond acceptors (Lipinski definition) is 4. The molecule has 1 amide bonds. The second-order valence-corrected chi connectivity index (χ2v) is 8.96. The Morgan fingerprint density at radius 3 is 2.33 bits per heavy atom. The number of rotatable bonds is 5. The first kappa shape index (κ1) is 20.9. The molecule has 146 valence electrons. The molecular formula is C22H30N2O3. The number of pyridine rings is 1. The Hall–Kier alpha value is -2.43. The summed E-state index contributed by atoms with van der Waals surface area (Å²) < 4.78 is 5.29. The SMILES string of the molecule is Cc1nc2ccccc2c(C)c1C(=O)OCC(=O)NC(C)(C)CC(C)(C)C. The van der Waals surface area contributed by atoms with Gasteiger partial charge in [0.1, 0.15) is 0 Å². The largest absolute Gasteiger partial charge is 0.452 e. The summed E-state index contributed by atoms with van der Waals surface area (Å²) in [5.74, 6) is -0.825. The molecular weight excluding hydrogens is 340 g/mol. The van der Waals surface area contributed by atoms with E-state index in [4.69, 9.17) is 4.74 Å². The minimum atomic E-state index is -0.521. The van der Waals surface area contributed by atoms with E-state index in [2.05, 4.69) is 31.1 Å². The maximum Gasteiger partial charge on any atom is 0.340 e. The molecule has 5 heteroatoms. The van der Waals surface area contributed by atoms with Crippen molar-refractivity contribution in [2.45, 2.75) is 60.4 Å². The first-order valence-corrected chi connectivity index (χ1v) is 9.24. The predicted molar refractivity (Wildman–Crippen MR) is 108 cm³/mol. The van der Waals surface area contributed by atoms with Gasteiger partial charge in [0, 0.05) is 10.9 Å². The summed E-state index contributed by atoms with van der Waals surface area (Å²) in [6.45, 7) is 13.7. The van der Waals surface area contributed by atoms with Crippen LogP contribution in [0.25, 0.3) is 10.9 Å². The third-order valence-corrected chi connectivity index (χ3v) is 4.32. The maximum atomic E-state index is 12.6. The molecule has 2 aromatic rings. The first-order chi connectivity index (χ1) is 12.4. The van der Waals surface area contributed by atoms with Gasteiger partial charge in [-0.1, -0.05) is 39.0 Å². The second-order valence-electron chi connectivity index (χ2n) is 8.96. The summed E-state index contributed by atoms with van der Waals surface area (Å²) in [7, 11) is 0. The number of benzene rings is 1. The molecule has 0 spiro atoms. The van der Waals surface area contributed by atoms with E-state index >= 15 is 0 Å². The van der Waals surface area contributed by atoms with Crippen LogP contribution in [0.1, 0.15) is 62.7 Å². The number of ether oxygens (including phenoxy) is 1. The lowest BCUT2D eigenvalue weighted by molar-refractivity contribution is -0.126. The minimum absolute atomic E-state index is 0.0818. The molecule has 1 heterocycles. The topological polar surface area (TPSA) is 68.3 Å². The molecule has 0 unspecified atom stereocenters. The van der Waals surface area contributed by atoms with Crippen LogP contribution in [0.4, 0.5) is 0 Å². The Labute approximate surface area is 161 Å². The average molecular weight is 370 g/mol. The summed E-state index contributed by atoms with van der Waals surface area (Å²) in [5.41, 5.74) is 2.39. The van der Waals surface area contributed by atoms with Crippen LogP contribution in [-0.4, -0.2) is 29.0 Å². The highest BCUT2D eigenvalue weighted by Gasteiger charge is 2.27. The highest BCUT2D eigenvalue weighted by Crippen LogP contribution is 2.27. The van der Waals surface area contributed by atoms with Crippen molar-refractivity contribution >= 4 is 22.8 Å². The number of nitrogens with one attached hydrogen (secondary N) is 1. The van der Waals surface area contributed by atoms with Crippen molar-refractivity contribution in [3.05, 3.63) is 41.1 Å². The van der Waals surface area contributed by atoms with Crippen LogP contribution in [0.3, 0.4) is 0 Å². The van der Waals surface area contributed by atoms with E-state index < -0.39 is 5.97 Å². The van der Waals surface area contributed by atoms with Gasteiger partial charge in [0.25, 0.3) is 5.91 Å². The van der Waals surface area contributed by atoms with Gasteiger partial charge in [-0.05, 0) is 51.2 Å². The summed E-state index contributed by atoms with van der Waals surface area (Å²) in [4.78, 5) is 29.3. The van der Waals surface area contributed by atoms with Gasteiger partial charge in [-0.3, -0.25) is 9.78 Å². The first-order valence-electron chi connectivity index (χ1n) is 9.24. The molecule has 0 aliphatic heterocycles. The Kier molecular flexibility index (Phi) is 5.93. The highest BCUT2D eigenvalue weighted by molar-refractivity contribution is 5.99. The Morgan fingerprint density at radius 2 is 1.70 bits per heavy atom. The Bertz CT molecular complexity index is 864. The number of aromatic nitrogens is 1. The highest BCUT2D eigenvalue weighted by atomic mass is 16.5. The molecule has 0 radical (unpaired) electrons. The number of carbonyl (C=O) groups excluding carboxylic acids is 2. The van der Waals surface area contributed by atoms with Crippen LogP contribution < -0.4 is 5.32 Å². The third-order valence-electron chi connectivity index (χ3n) is 4.32. The van der Waals surface area contributed by atoms with Crippen LogP contribution in [0.2, 0.25) is 0 Å². The number of esters is 1. The molecule has 5 nitrogen and oxygen atoms in total. The molecule has 1 N–H and O–H groups in total. The van der Waals surface area contributed by atoms with Crippen LogP contribution in [0.15, 0.2) is 24.3 Å². The summed E-state index contributed by atoms with van der Waals surface area (Å²) in [6, 6.07) is 7.66. The molecule has 0 saturated carbocycles. The van der Waals surface area contributed by atoms with Crippen molar-refractivity contribution in [1.82, 2.24) is 10.3 Å². The molecule has 1 aromatic carbocycles. The summed E-state index contributed by atoms with van der Waals surface area (Å²) >= 11 is 0. The van der Waals surface area contributed by atoms with E-state index in [-0.39, 0.29) is 23.5 Å². The molecule has 0 atom stereocenters. The quantitative estimate of drug-likeness (QED) is 0.795. The number of fused-ring (bicyclic) bond motifs is 1. The summed E-state index contributed by atoms with van der Waals surface area (Å²) in [5, 5.41) is 3.85. The zero-order valence-corrected chi connectivity index (χ0v) is 17.4. The van der Waals surface area contributed by atoms with Crippen LogP contribution in [0.5, 0.6) is 0 Å². The number of para-hydroxylation sites is 1.